The van der Waals surface area contributed by atoms with Crippen LogP contribution < -0.4 is 0 Å². The lowest BCUT2D eigenvalue weighted by Crippen LogP contribution is -2.35. The molecule has 0 spiro atoms. The highest BCUT2D eigenvalue weighted by atomic mass is 32.1. The molecule has 0 N–H and O–H groups in total. The van der Waals surface area contributed by atoms with Crippen molar-refractivity contribution in [3.05, 3.63) is 35.2 Å². The zero-order valence-electron chi connectivity index (χ0n) is 11.1. The largest absolute Gasteiger partial charge is 0.338 e. The van der Waals surface area contributed by atoms with Crippen molar-refractivity contribution >= 4 is 48.1 Å². The summed E-state index contributed by atoms with van der Waals surface area (Å²) in [5.41, 5.74) is 0. The Morgan fingerprint density at radius 3 is 2.65 bits per heavy atom. The van der Waals surface area contributed by atoms with Crippen LogP contribution in [0.5, 0.6) is 0 Å². The minimum Gasteiger partial charge on any atom is -0.338 e. The Morgan fingerprint density at radius 1 is 1.00 bits per heavy atom. The van der Waals surface area contributed by atoms with Crippen molar-refractivity contribution < 1.29 is 4.79 Å². The van der Waals surface area contributed by atoms with E-state index in [4.69, 9.17) is 0 Å². The molecule has 0 radical (unpaired) electrons. The average molecular weight is 301 g/mol. The van der Waals surface area contributed by atoms with Gasteiger partial charge < -0.3 is 4.90 Å². The molecule has 3 heterocycles. The molecule has 3 aromatic rings. The molecule has 102 valence electrons. The van der Waals surface area contributed by atoms with Gasteiger partial charge in [-0.15, -0.1) is 22.7 Å². The lowest BCUT2D eigenvalue weighted by molar-refractivity contribution is 0.0729. The Kier molecular flexibility index (Phi) is 3.00. The van der Waals surface area contributed by atoms with Gasteiger partial charge in [-0.1, -0.05) is 18.2 Å². The number of hydrogen-bond acceptors (Lipinski definition) is 3. The van der Waals surface area contributed by atoms with Crippen LogP contribution in [0.15, 0.2) is 30.3 Å². The summed E-state index contributed by atoms with van der Waals surface area (Å²) in [4.78, 5) is 15.5. The third-order valence-corrected chi connectivity index (χ3v) is 6.31. The molecule has 0 saturated carbocycles. The van der Waals surface area contributed by atoms with Gasteiger partial charge in [0.05, 0.1) is 9.58 Å². The van der Waals surface area contributed by atoms with Crippen LogP contribution in [-0.2, 0) is 0 Å². The van der Waals surface area contributed by atoms with Gasteiger partial charge in [0.25, 0.3) is 5.91 Å². The van der Waals surface area contributed by atoms with Crippen LogP contribution in [0.25, 0.3) is 19.5 Å². The average Bonchev–Trinajstić information content (AvgIpc) is 3.05. The SMILES string of the molecule is O=C(c1cc2sc3ccccc3c2s1)N1CCCCC1. The van der Waals surface area contributed by atoms with E-state index >= 15 is 0 Å². The van der Waals surface area contributed by atoms with Crippen molar-refractivity contribution in [3.63, 3.8) is 0 Å². The second kappa shape index (κ2) is 4.86. The van der Waals surface area contributed by atoms with Gasteiger partial charge in [0.15, 0.2) is 0 Å². The second-order valence-corrected chi connectivity index (χ2v) is 7.39. The van der Waals surface area contributed by atoms with Crippen molar-refractivity contribution in [1.82, 2.24) is 4.90 Å². The number of hydrogen-bond donors (Lipinski definition) is 0. The number of rotatable bonds is 1. The summed E-state index contributed by atoms with van der Waals surface area (Å²) in [6, 6.07) is 10.5. The zero-order valence-corrected chi connectivity index (χ0v) is 12.7. The third kappa shape index (κ3) is 1.95. The Bertz CT molecular complexity index is 780. The zero-order chi connectivity index (χ0) is 13.5. The molecule has 1 amide bonds. The van der Waals surface area contributed by atoms with Gasteiger partial charge >= 0.3 is 0 Å². The molecular formula is C16H15NOS2. The van der Waals surface area contributed by atoms with Crippen molar-refractivity contribution in [3.8, 4) is 0 Å². The number of nitrogens with zero attached hydrogens (tertiary/aromatic N) is 1. The van der Waals surface area contributed by atoms with Gasteiger partial charge in [-0.05, 0) is 31.4 Å². The monoisotopic (exact) mass is 301 g/mol. The lowest BCUT2D eigenvalue weighted by atomic mass is 10.1. The first-order chi connectivity index (χ1) is 9.83. The van der Waals surface area contributed by atoms with E-state index < -0.39 is 0 Å². The van der Waals surface area contributed by atoms with Crippen molar-refractivity contribution in [2.45, 2.75) is 19.3 Å². The number of piperidine rings is 1. The number of likely N-dealkylation sites (tertiary alicyclic amines) is 1. The normalized spacial score (nSPS) is 16.1. The summed E-state index contributed by atoms with van der Waals surface area (Å²) >= 11 is 3.44. The predicted molar refractivity (Wildman–Crippen MR) is 87.0 cm³/mol. The maximum Gasteiger partial charge on any atom is 0.263 e. The van der Waals surface area contributed by atoms with E-state index in [1.165, 1.54) is 25.9 Å². The van der Waals surface area contributed by atoms with Crippen LogP contribution in [0.4, 0.5) is 0 Å². The fourth-order valence-corrected chi connectivity index (χ4v) is 5.35. The molecule has 2 nitrogen and oxygen atoms in total. The summed E-state index contributed by atoms with van der Waals surface area (Å²) in [6.45, 7) is 1.84. The fraction of sp³-hybridized carbons (Fsp3) is 0.312. The lowest BCUT2D eigenvalue weighted by Gasteiger charge is -2.26. The van der Waals surface area contributed by atoms with Crippen LogP contribution in [0, 0.1) is 0 Å². The smallest absolute Gasteiger partial charge is 0.263 e. The first-order valence-corrected chi connectivity index (χ1v) is 8.66. The van der Waals surface area contributed by atoms with Gasteiger partial charge in [-0.25, -0.2) is 0 Å². The van der Waals surface area contributed by atoms with Crippen LogP contribution in [-0.4, -0.2) is 23.9 Å². The van der Waals surface area contributed by atoms with E-state index in [0.29, 0.717) is 0 Å². The molecule has 1 fully saturated rings. The van der Waals surface area contributed by atoms with Crippen LogP contribution in [0.3, 0.4) is 0 Å². The summed E-state index contributed by atoms with van der Waals surface area (Å²) in [7, 11) is 0. The maximum atomic E-state index is 12.5. The molecule has 0 aliphatic carbocycles. The van der Waals surface area contributed by atoms with Crippen LogP contribution >= 0.6 is 22.7 Å². The van der Waals surface area contributed by atoms with Crippen LogP contribution in [0.2, 0.25) is 0 Å². The van der Waals surface area contributed by atoms with Gasteiger partial charge in [0, 0.05) is 27.9 Å². The quantitative estimate of drug-likeness (QED) is 0.635. The van der Waals surface area contributed by atoms with E-state index in [2.05, 4.69) is 30.3 Å². The molecule has 1 aromatic carbocycles. The summed E-state index contributed by atoms with van der Waals surface area (Å²) in [5, 5.41) is 1.29. The van der Waals surface area contributed by atoms with Crippen molar-refractivity contribution in [2.75, 3.05) is 13.1 Å². The van der Waals surface area contributed by atoms with Crippen LogP contribution in [0.1, 0.15) is 28.9 Å². The van der Waals surface area contributed by atoms with E-state index in [1.54, 1.807) is 22.7 Å². The Hall–Kier alpha value is -1.39. The Balaban J connectivity index is 1.75. The van der Waals surface area contributed by atoms with E-state index in [-0.39, 0.29) is 5.91 Å². The molecule has 0 unspecified atom stereocenters. The Labute approximate surface area is 125 Å². The highest BCUT2D eigenvalue weighted by molar-refractivity contribution is 7.33. The first kappa shape index (κ1) is 12.4. The number of carbonyl (C=O) groups is 1. The Morgan fingerprint density at radius 2 is 1.80 bits per heavy atom. The number of amides is 1. The molecular weight excluding hydrogens is 286 g/mol. The topological polar surface area (TPSA) is 20.3 Å². The number of benzene rings is 1. The summed E-state index contributed by atoms with van der Waals surface area (Å²) < 4.78 is 3.83. The number of thiophene rings is 2. The molecule has 1 aliphatic heterocycles. The molecule has 2 aromatic heterocycles. The molecule has 4 rings (SSSR count). The highest BCUT2D eigenvalue weighted by Gasteiger charge is 2.21. The maximum absolute atomic E-state index is 12.5. The predicted octanol–water partition coefficient (Wildman–Crippen LogP) is 4.74. The summed E-state index contributed by atoms with van der Waals surface area (Å²) in [5.74, 6) is 0.224. The van der Waals surface area contributed by atoms with E-state index in [9.17, 15) is 4.79 Å². The van der Waals surface area contributed by atoms with Gasteiger partial charge in [-0.2, -0.15) is 0 Å². The summed E-state index contributed by atoms with van der Waals surface area (Å²) in [6.07, 6.45) is 3.55. The van der Waals surface area contributed by atoms with Crippen molar-refractivity contribution in [2.24, 2.45) is 0 Å². The minimum atomic E-state index is 0.224. The molecule has 0 atom stereocenters. The highest BCUT2D eigenvalue weighted by Crippen LogP contribution is 2.39. The van der Waals surface area contributed by atoms with Crippen molar-refractivity contribution in [1.29, 1.82) is 0 Å². The minimum absolute atomic E-state index is 0.224. The van der Waals surface area contributed by atoms with Gasteiger partial charge in [0.2, 0.25) is 0 Å². The van der Waals surface area contributed by atoms with Gasteiger partial charge in [-0.3, -0.25) is 4.79 Å². The molecule has 20 heavy (non-hydrogen) atoms. The second-order valence-electron chi connectivity index (χ2n) is 5.26. The fourth-order valence-electron chi connectivity index (χ4n) is 2.86. The molecule has 4 heteroatoms. The van der Waals surface area contributed by atoms with E-state index in [1.807, 2.05) is 4.90 Å². The molecule has 1 saturated heterocycles. The first-order valence-electron chi connectivity index (χ1n) is 7.03. The standard InChI is InChI=1S/C16H15NOS2/c18-16(17-8-4-1-5-9-17)14-10-13-15(20-14)11-6-2-3-7-12(11)19-13/h2-3,6-7,10H,1,4-5,8-9H2. The molecule has 1 aliphatic rings. The number of carbonyl (C=O) groups excluding carboxylic acids is 1. The van der Waals surface area contributed by atoms with Gasteiger partial charge in [0.1, 0.15) is 0 Å². The third-order valence-electron chi connectivity index (χ3n) is 3.90. The molecule has 0 bridgehead atoms. The van der Waals surface area contributed by atoms with E-state index in [0.717, 1.165) is 30.8 Å². The number of fused-ring (bicyclic) bond motifs is 3.